The van der Waals surface area contributed by atoms with E-state index in [0.717, 1.165) is 6.26 Å². The highest BCUT2D eigenvalue weighted by Gasteiger charge is 2.13. The number of primary amides is 1. The van der Waals surface area contributed by atoms with Crippen LogP contribution in [0.3, 0.4) is 0 Å². The molecule has 0 aromatic heterocycles. The quantitative estimate of drug-likeness (QED) is 0.855. The van der Waals surface area contributed by atoms with Crippen molar-refractivity contribution in [2.45, 2.75) is 13.0 Å². The van der Waals surface area contributed by atoms with Crippen LogP contribution in [0.5, 0.6) is 0 Å². The molecule has 0 heterocycles. The summed E-state index contributed by atoms with van der Waals surface area (Å²) in [5, 5.41) is 3.35. The summed E-state index contributed by atoms with van der Waals surface area (Å²) in [6, 6.07) is 4.23. The van der Waals surface area contributed by atoms with Crippen molar-refractivity contribution in [3.05, 3.63) is 28.8 Å². The van der Waals surface area contributed by atoms with Gasteiger partial charge in [0, 0.05) is 17.9 Å². The van der Waals surface area contributed by atoms with E-state index in [1.54, 1.807) is 6.92 Å². The fraction of sp³-hybridized carbons (Fsp3) is 0.364. The van der Waals surface area contributed by atoms with Gasteiger partial charge in [0.15, 0.2) is 0 Å². The molecule has 1 aromatic rings. The fourth-order valence-corrected chi connectivity index (χ4v) is 2.71. The summed E-state index contributed by atoms with van der Waals surface area (Å²) in [5.74, 6) is -0.588. The molecule has 18 heavy (non-hydrogen) atoms. The van der Waals surface area contributed by atoms with Crippen molar-refractivity contribution in [1.82, 2.24) is 0 Å². The van der Waals surface area contributed by atoms with Gasteiger partial charge in [0.05, 0.1) is 16.5 Å². The summed E-state index contributed by atoms with van der Waals surface area (Å²) >= 11 is 5.95. The molecule has 0 aliphatic carbocycles. The number of anilines is 1. The average molecular weight is 291 g/mol. The Morgan fingerprint density at radius 2 is 2.11 bits per heavy atom. The van der Waals surface area contributed by atoms with E-state index in [2.05, 4.69) is 5.32 Å². The minimum Gasteiger partial charge on any atom is -0.380 e. The molecule has 0 bridgehead atoms. The molecule has 0 saturated carbocycles. The third-order valence-electron chi connectivity index (χ3n) is 2.21. The van der Waals surface area contributed by atoms with E-state index in [9.17, 15) is 13.2 Å². The van der Waals surface area contributed by atoms with Gasteiger partial charge in [-0.25, -0.2) is 8.42 Å². The highest BCUT2D eigenvalue weighted by atomic mass is 35.5. The van der Waals surface area contributed by atoms with Crippen LogP contribution in [0.2, 0.25) is 5.02 Å². The first-order valence-corrected chi connectivity index (χ1v) is 7.66. The summed E-state index contributed by atoms with van der Waals surface area (Å²) in [6.07, 6.45) is 1.16. The molecule has 0 saturated heterocycles. The Bertz CT molecular complexity index is 557. The van der Waals surface area contributed by atoms with Crippen LogP contribution in [0.1, 0.15) is 17.3 Å². The van der Waals surface area contributed by atoms with Crippen LogP contribution in [-0.2, 0) is 9.84 Å². The summed E-state index contributed by atoms with van der Waals surface area (Å²) in [7, 11) is -3.08. The van der Waals surface area contributed by atoms with Gasteiger partial charge in [-0.2, -0.15) is 0 Å². The number of halogens is 1. The Balaban J connectivity index is 2.90. The maximum atomic E-state index is 11.1. The Labute approximate surface area is 111 Å². The number of nitrogens with two attached hydrogens (primary N) is 1. The topological polar surface area (TPSA) is 89.3 Å². The first kappa shape index (κ1) is 14.8. The monoisotopic (exact) mass is 290 g/mol. The second-order valence-electron chi connectivity index (χ2n) is 4.20. The van der Waals surface area contributed by atoms with Crippen LogP contribution in [0.15, 0.2) is 18.2 Å². The normalized spacial score (nSPS) is 13.1. The fourth-order valence-electron chi connectivity index (χ4n) is 1.55. The third-order valence-corrected chi connectivity index (χ3v) is 3.64. The lowest BCUT2D eigenvalue weighted by atomic mass is 10.2. The molecule has 5 nitrogen and oxygen atoms in total. The highest BCUT2D eigenvalue weighted by Crippen LogP contribution is 2.23. The lowest BCUT2D eigenvalue weighted by Crippen LogP contribution is -2.25. The van der Waals surface area contributed by atoms with Crippen molar-refractivity contribution in [3.63, 3.8) is 0 Å². The number of rotatable bonds is 5. The number of nitrogens with one attached hydrogen (secondary N) is 1. The molecular formula is C11H15ClN2O3S. The van der Waals surface area contributed by atoms with Crippen molar-refractivity contribution in [3.8, 4) is 0 Å². The molecule has 100 valence electrons. The molecule has 0 fully saturated rings. The largest absolute Gasteiger partial charge is 0.380 e. The van der Waals surface area contributed by atoms with Crippen LogP contribution in [0.25, 0.3) is 0 Å². The van der Waals surface area contributed by atoms with E-state index < -0.39 is 15.7 Å². The molecule has 1 amide bonds. The molecule has 0 spiro atoms. The first-order valence-electron chi connectivity index (χ1n) is 5.22. The predicted molar refractivity (Wildman–Crippen MR) is 72.8 cm³/mol. The third kappa shape index (κ3) is 4.54. The van der Waals surface area contributed by atoms with E-state index >= 15 is 0 Å². The van der Waals surface area contributed by atoms with Gasteiger partial charge in [0.2, 0.25) is 5.91 Å². The number of carbonyl (C=O) groups excluding carboxylic acids is 1. The van der Waals surface area contributed by atoms with Gasteiger partial charge in [-0.1, -0.05) is 11.6 Å². The molecule has 3 N–H and O–H groups in total. The van der Waals surface area contributed by atoms with Gasteiger partial charge in [-0.15, -0.1) is 0 Å². The highest BCUT2D eigenvalue weighted by molar-refractivity contribution is 7.90. The molecule has 1 aromatic carbocycles. The first-order chi connectivity index (χ1) is 8.19. The van der Waals surface area contributed by atoms with Crippen LogP contribution in [-0.4, -0.2) is 32.4 Å². The van der Waals surface area contributed by atoms with Crippen LogP contribution >= 0.6 is 11.6 Å². The molecule has 0 aliphatic rings. The number of carbonyl (C=O) groups is 1. The molecule has 0 radical (unpaired) electrons. The van der Waals surface area contributed by atoms with Gasteiger partial charge >= 0.3 is 0 Å². The Morgan fingerprint density at radius 3 is 2.61 bits per heavy atom. The zero-order valence-corrected chi connectivity index (χ0v) is 11.7. The second kappa shape index (κ2) is 5.58. The average Bonchev–Trinajstić information content (AvgIpc) is 2.18. The van der Waals surface area contributed by atoms with E-state index in [0.29, 0.717) is 16.3 Å². The molecular weight excluding hydrogens is 276 g/mol. The van der Waals surface area contributed by atoms with Crippen LogP contribution in [0.4, 0.5) is 5.69 Å². The Hall–Kier alpha value is -1.27. The van der Waals surface area contributed by atoms with Crippen molar-refractivity contribution in [2.75, 3.05) is 17.3 Å². The summed E-state index contributed by atoms with van der Waals surface area (Å²) in [4.78, 5) is 11.0. The number of hydrogen-bond acceptors (Lipinski definition) is 4. The Morgan fingerprint density at radius 1 is 1.50 bits per heavy atom. The van der Waals surface area contributed by atoms with Gasteiger partial charge in [-0.3, -0.25) is 4.79 Å². The van der Waals surface area contributed by atoms with E-state index in [-0.39, 0.29) is 11.8 Å². The van der Waals surface area contributed by atoms with Gasteiger partial charge in [0.1, 0.15) is 9.84 Å². The van der Waals surface area contributed by atoms with Crippen molar-refractivity contribution in [1.29, 1.82) is 0 Å². The SMILES string of the molecule is CC(CS(C)(=O)=O)Nc1cc(C(N)=O)ccc1Cl. The zero-order valence-electron chi connectivity index (χ0n) is 10.1. The molecule has 1 rings (SSSR count). The van der Waals surface area contributed by atoms with Gasteiger partial charge in [0.25, 0.3) is 0 Å². The van der Waals surface area contributed by atoms with Crippen molar-refractivity contribution >= 4 is 33.0 Å². The van der Waals surface area contributed by atoms with E-state index in [4.69, 9.17) is 17.3 Å². The number of benzene rings is 1. The second-order valence-corrected chi connectivity index (χ2v) is 6.79. The lowest BCUT2D eigenvalue weighted by Gasteiger charge is -2.15. The van der Waals surface area contributed by atoms with E-state index in [1.165, 1.54) is 18.2 Å². The van der Waals surface area contributed by atoms with Crippen molar-refractivity contribution < 1.29 is 13.2 Å². The van der Waals surface area contributed by atoms with Gasteiger partial charge in [-0.05, 0) is 25.1 Å². The molecule has 0 aliphatic heterocycles. The Kier molecular flexibility index (Phi) is 4.59. The molecule has 1 atom stereocenters. The maximum absolute atomic E-state index is 11.1. The number of sulfone groups is 1. The maximum Gasteiger partial charge on any atom is 0.248 e. The van der Waals surface area contributed by atoms with Gasteiger partial charge < -0.3 is 11.1 Å². The molecule has 7 heteroatoms. The summed E-state index contributed by atoms with van der Waals surface area (Å²) in [6.45, 7) is 1.72. The summed E-state index contributed by atoms with van der Waals surface area (Å²) < 4.78 is 22.3. The number of hydrogen-bond donors (Lipinski definition) is 2. The van der Waals surface area contributed by atoms with E-state index in [1.807, 2.05) is 0 Å². The smallest absolute Gasteiger partial charge is 0.248 e. The van der Waals surface area contributed by atoms with Crippen LogP contribution < -0.4 is 11.1 Å². The number of amides is 1. The molecule has 1 unspecified atom stereocenters. The minimum atomic E-state index is -3.08. The minimum absolute atomic E-state index is 0.0237. The predicted octanol–water partition coefficient (Wildman–Crippen LogP) is 1.28. The van der Waals surface area contributed by atoms with Crippen molar-refractivity contribution in [2.24, 2.45) is 5.73 Å². The summed E-state index contributed by atoms with van der Waals surface area (Å²) in [5.41, 5.74) is 5.96. The standard InChI is InChI=1S/C11H15ClN2O3S/c1-7(6-18(2,16)17)14-10-5-8(11(13)15)3-4-9(10)12/h3-5,7,14H,6H2,1-2H3,(H2,13,15). The lowest BCUT2D eigenvalue weighted by molar-refractivity contribution is 0.100. The zero-order chi connectivity index (χ0) is 13.9. The van der Waals surface area contributed by atoms with Crippen LogP contribution in [0, 0.1) is 0 Å².